The van der Waals surface area contributed by atoms with Gasteiger partial charge in [0.15, 0.2) is 5.76 Å². The lowest BCUT2D eigenvalue weighted by Gasteiger charge is -2.32. The standard InChI is InChI=1S/C23H28N4O3/c1-15(2)20(24-22(28)19-5-4-14-29-19)23-25-21(26-30-23)17-6-8-18(9-7-17)27-12-10-16(3)11-13-27/h4-9,14-16,20H,10-13H2,1-3H3,(H,24,28)/t20-/m0/s1. The van der Waals surface area contributed by atoms with Crippen LogP contribution in [0.15, 0.2) is 51.6 Å². The molecule has 0 unspecified atom stereocenters. The van der Waals surface area contributed by atoms with E-state index in [1.807, 2.05) is 26.0 Å². The van der Waals surface area contributed by atoms with Crippen LogP contribution < -0.4 is 10.2 Å². The third-order valence-electron chi connectivity index (χ3n) is 5.68. The van der Waals surface area contributed by atoms with E-state index in [4.69, 9.17) is 8.94 Å². The lowest BCUT2D eigenvalue weighted by molar-refractivity contribution is 0.0885. The first-order valence-electron chi connectivity index (χ1n) is 10.5. The van der Waals surface area contributed by atoms with Gasteiger partial charge in [-0.3, -0.25) is 4.79 Å². The van der Waals surface area contributed by atoms with Crippen molar-refractivity contribution in [2.75, 3.05) is 18.0 Å². The molecule has 1 atom stereocenters. The fourth-order valence-electron chi connectivity index (χ4n) is 3.70. The number of hydrogen-bond acceptors (Lipinski definition) is 6. The molecular weight excluding hydrogens is 380 g/mol. The number of furan rings is 1. The molecule has 30 heavy (non-hydrogen) atoms. The molecule has 7 nitrogen and oxygen atoms in total. The summed E-state index contributed by atoms with van der Waals surface area (Å²) in [4.78, 5) is 19.4. The first-order chi connectivity index (χ1) is 14.5. The molecule has 0 aliphatic carbocycles. The fourth-order valence-corrected chi connectivity index (χ4v) is 3.70. The number of carbonyl (C=O) groups excluding carboxylic acids is 1. The molecule has 1 fully saturated rings. The largest absolute Gasteiger partial charge is 0.459 e. The molecule has 3 heterocycles. The zero-order valence-electron chi connectivity index (χ0n) is 17.7. The monoisotopic (exact) mass is 408 g/mol. The van der Waals surface area contributed by atoms with E-state index >= 15 is 0 Å². The van der Waals surface area contributed by atoms with Crippen LogP contribution >= 0.6 is 0 Å². The number of benzene rings is 1. The van der Waals surface area contributed by atoms with E-state index in [0.717, 1.165) is 24.6 Å². The molecule has 1 saturated heterocycles. The summed E-state index contributed by atoms with van der Waals surface area (Å²) >= 11 is 0. The van der Waals surface area contributed by atoms with Gasteiger partial charge in [0, 0.05) is 24.3 Å². The maximum Gasteiger partial charge on any atom is 0.287 e. The maximum atomic E-state index is 12.4. The lowest BCUT2D eigenvalue weighted by atomic mass is 9.98. The molecule has 1 amide bonds. The smallest absolute Gasteiger partial charge is 0.287 e. The van der Waals surface area contributed by atoms with Gasteiger partial charge in [-0.1, -0.05) is 25.9 Å². The Morgan fingerprint density at radius 3 is 2.53 bits per heavy atom. The van der Waals surface area contributed by atoms with Gasteiger partial charge in [-0.2, -0.15) is 4.98 Å². The van der Waals surface area contributed by atoms with Crippen LogP contribution in [0.3, 0.4) is 0 Å². The highest BCUT2D eigenvalue weighted by molar-refractivity contribution is 5.91. The topological polar surface area (TPSA) is 84.4 Å². The molecule has 4 rings (SSSR count). The second-order valence-electron chi connectivity index (χ2n) is 8.35. The summed E-state index contributed by atoms with van der Waals surface area (Å²) in [5.74, 6) is 1.72. The van der Waals surface area contributed by atoms with Crippen molar-refractivity contribution in [1.82, 2.24) is 15.5 Å². The first-order valence-corrected chi connectivity index (χ1v) is 10.5. The van der Waals surface area contributed by atoms with E-state index < -0.39 is 6.04 Å². The van der Waals surface area contributed by atoms with Gasteiger partial charge in [-0.05, 0) is 61.1 Å². The Bertz CT molecular complexity index is 955. The number of piperidine rings is 1. The summed E-state index contributed by atoms with van der Waals surface area (Å²) in [7, 11) is 0. The summed E-state index contributed by atoms with van der Waals surface area (Å²) < 4.78 is 10.7. The van der Waals surface area contributed by atoms with Crippen LogP contribution in [-0.2, 0) is 0 Å². The lowest BCUT2D eigenvalue weighted by Crippen LogP contribution is -2.32. The Morgan fingerprint density at radius 1 is 1.17 bits per heavy atom. The van der Waals surface area contributed by atoms with Crippen molar-refractivity contribution in [3.8, 4) is 11.4 Å². The Hall–Kier alpha value is -3.09. The van der Waals surface area contributed by atoms with Crippen molar-refractivity contribution < 1.29 is 13.7 Å². The van der Waals surface area contributed by atoms with Crippen molar-refractivity contribution in [2.45, 2.75) is 39.7 Å². The van der Waals surface area contributed by atoms with Gasteiger partial charge in [0.05, 0.1) is 6.26 Å². The van der Waals surface area contributed by atoms with Crippen molar-refractivity contribution in [3.63, 3.8) is 0 Å². The predicted octanol–water partition coefficient (Wildman–Crippen LogP) is 4.69. The molecule has 2 aromatic heterocycles. The van der Waals surface area contributed by atoms with Gasteiger partial charge < -0.3 is 19.2 Å². The minimum absolute atomic E-state index is 0.0704. The van der Waals surface area contributed by atoms with Gasteiger partial charge >= 0.3 is 0 Å². The normalized spacial score (nSPS) is 16.1. The average Bonchev–Trinajstić information content (AvgIpc) is 3.45. The quantitative estimate of drug-likeness (QED) is 0.637. The van der Waals surface area contributed by atoms with Crippen molar-refractivity contribution in [3.05, 3.63) is 54.3 Å². The number of hydrogen-bond donors (Lipinski definition) is 1. The zero-order valence-corrected chi connectivity index (χ0v) is 17.7. The van der Waals surface area contributed by atoms with Gasteiger partial charge in [0.1, 0.15) is 6.04 Å². The Balaban J connectivity index is 1.47. The molecule has 0 bridgehead atoms. The molecule has 1 aliphatic rings. The van der Waals surface area contributed by atoms with Crippen LogP contribution in [0.5, 0.6) is 0 Å². The highest BCUT2D eigenvalue weighted by Crippen LogP contribution is 2.27. The van der Waals surface area contributed by atoms with Gasteiger partial charge in [-0.25, -0.2) is 0 Å². The number of carbonyl (C=O) groups is 1. The SMILES string of the molecule is CC1CCN(c2ccc(-c3noc([C@@H](NC(=O)c4ccco4)C(C)C)n3)cc2)CC1. The van der Waals surface area contributed by atoms with Crippen LogP contribution in [0.2, 0.25) is 0 Å². The second-order valence-corrected chi connectivity index (χ2v) is 8.35. The van der Waals surface area contributed by atoms with Crippen molar-refractivity contribution in [2.24, 2.45) is 11.8 Å². The van der Waals surface area contributed by atoms with Gasteiger partial charge in [0.25, 0.3) is 5.91 Å². The third kappa shape index (κ3) is 4.40. The fraction of sp³-hybridized carbons (Fsp3) is 0.435. The van der Waals surface area contributed by atoms with E-state index in [2.05, 4.69) is 39.4 Å². The summed E-state index contributed by atoms with van der Waals surface area (Å²) in [6.07, 6.45) is 3.94. The molecule has 0 spiro atoms. The Labute approximate surface area is 176 Å². The molecule has 0 radical (unpaired) electrons. The van der Waals surface area contributed by atoms with E-state index in [1.54, 1.807) is 12.1 Å². The van der Waals surface area contributed by atoms with Crippen LogP contribution in [0.25, 0.3) is 11.4 Å². The van der Waals surface area contributed by atoms with E-state index in [0.29, 0.717) is 11.7 Å². The molecule has 3 aromatic rings. The number of nitrogens with zero attached hydrogens (tertiary/aromatic N) is 3. The zero-order chi connectivity index (χ0) is 21.1. The first kappa shape index (κ1) is 20.2. The number of amides is 1. The van der Waals surface area contributed by atoms with E-state index in [-0.39, 0.29) is 17.6 Å². The molecule has 1 N–H and O–H groups in total. The molecular formula is C23H28N4O3. The molecule has 7 heteroatoms. The molecule has 1 aliphatic heterocycles. The van der Waals surface area contributed by atoms with Gasteiger partial charge in [0.2, 0.25) is 11.7 Å². The summed E-state index contributed by atoms with van der Waals surface area (Å²) in [5.41, 5.74) is 2.11. The van der Waals surface area contributed by atoms with Crippen LogP contribution in [0, 0.1) is 11.8 Å². The van der Waals surface area contributed by atoms with Crippen LogP contribution in [0.1, 0.15) is 56.1 Å². The third-order valence-corrected chi connectivity index (χ3v) is 5.68. The number of rotatable bonds is 6. The molecule has 1 aromatic carbocycles. The van der Waals surface area contributed by atoms with E-state index in [1.165, 1.54) is 24.8 Å². The van der Waals surface area contributed by atoms with E-state index in [9.17, 15) is 4.79 Å². The minimum Gasteiger partial charge on any atom is -0.459 e. The van der Waals surface area contributed by atoms with Gasteiger partial charge in [-0.15, -0.1) is 0 Å². The maximum absolute atomic E-state index is 12.4. The predicted molar refractivity (Wildman–Crippen MR) is 114 cm³/mol. The Morgan fingerprint density at radius 2 is 1.90 bits per heavy atom. The second kappa shape index (κ2) is 8.73. The summed E-state index contributed by atoms with van der Waals surface area (Å²) in [5, 5.41) is 7.06. The van der Waals surface area contributed by atoms with Crippen molar-refractivity contribution >= 4 is 11.6 Å². The summed E-state index contributed by atoms with van der Waals surface area (Å²) in [6.45, 7) is 8.49. The minimum atomic E-state index is -0.404. The Kier molecular flexibility index (Phi) is 5.88. The van der Waals surface area contributed by atoms with Crippen LogP contribution in [-0.4, -0.2) is 29.1 Å². The highest BCUT2D eigenvalue weighted by atomic mass is 16.5. The number of nitrogens with one attached hydrogen (secondary N) is 1. The summed E-state index contributed by atoms with van der Waals surface area (Å²) in [6, 6.07) is 11.2. The van der Waals surface area contributed by atoms with Crippen molar-refractivity contribution in [1.29, 1.82) is 0 Å². The van der Waals surface area contributed by atoms with Crippen LogP contribution in [0.4, 0.5) is 5.69 Å². The molecule has 158 valence electrons. The average molecular weight is 409 g/mol. The highest BCUT2D eigenvalue weighted by Gasteiger charge is 2.26. The number of aromatic nitrogens is 2. The number of anilines is 1. The molecule has 0 saturated carbocycles.